The molecule has 0 spiro atoms. The standard InChI is InChI=1S/C19H33N3O4/c23-17(3-4-18(24)22-7-1-2-8-22)20-15-19(5-11-25-12-6-19)16-21-9-13-26-14-10-21/h1-16H2,(H,20,23). The van der Waals surface area contributed by atoms with Gasteiger partial charge in [-0.2, -0.15) is 0 Å². The molecule has 3 fully saturated rings. The van der Waals surface area contributed by atoms with E-state index in [2.05, 4.69) is 10.2 Å². The maximum Gasteiger partial charge on any atom is 0.223 e. The number of amides is 2. The molecule has 7 heteroatoms. The van der Waals surface area contributed by atoms with Gasteiger partial charge in [-0.25, -0.2) is 0 Å². The summed E-state index contributed by atoms with van der Waals surface area (Å²) < 4.78 is 11.0. The Bertz CT molecular complexity index is 467. The van der Waals surface area contributed by atoms with E-state index in [-0.39, 0.29) is 17.2 Å². The Balaban J connectivity index is 1.44. The number of morpholine rings is 1. The molecule has 2 amide bonds. The highest BCUT2D eigenvalue weighted by Crippen LogP contribution is 2.31. The van der Waals surface area contributed by atoms with Gasteiger partial charge in [-0.05, 0) is 25.7 Å². The van der Waals surface area contributed by atoms with Crippen LogP contribution in [0.1, 0.15) is 38.5 Å². The first-order valence-electron chi connectivity index (χ1n) is 10.1. The van der Waals surface area contributed by atoms with Crippen molar-refractivity contribution in [2.75, 3.05) is 65.7 Å². The van der Waals surface area contributed by atoms with Crippen molar-refractivity contribution >= 4 is 11.8 Å². The Morgan fingerprint density at radius 2 is 1.54 bits per heavy atom. The minimum absolute atomic E-state index is 0.00890. The molecule has 0 bridgehead atoms. The number of hydrogen-bond acceptors (Lipinski definition) is 5. The predicted octanol–water partition coefficient (Wildman–Crippen LogP) is 0.634. The third-order valence-electron chi connectivity index (χ3n) is 5.90. The minimum Gasteiger partial charge on any atom is -0.381 e. The van der Waals surface area contributed by atoms with Crippen LogP contribution in [0.3, 0.4) is 0 Å². The van der Waals surface area contributed by atoms with Gasteiger partial charge in [-0.3, -0.25) is 14.5 Å². The molecule has 26 heavy (non-hydrogen) atoms. The van der Waals surface area contributed by atoms with Gasteiger partial charge in [0.05, 0.1) is 13.2 Å². The zero-order valence-corrected chi connectivity index (χ0v) is 15.8. The van der Waals surface area contributed by atoms with Crippen LogP contribution in [0.15, 0.2) is 0 Å². The highest BCUT2D eigenvalue weighted by Gasteiger charge is 2.35. The Morgan fingerprint density at radius 3 is 2.23 bits per heavy atom. The van der Waals surface area contributed by atoms with Crippen molar-refractivity contribution in [1.29, 1.82) is 0 Å². The summed E-state index contributed by atoms with van der Waals surface area (Å²) >= 11 is 0. The van der Waals surface area contributed by atoms with E-state index in [0.29, 0.717) is 19.4 Å². The summed E-state index contributed by atoms with van der Waals surface area (Å²) in [5.74, 6) is 0.108. The number of rotatable bonds is 7. The maximum atomic E-state index is 12.3. The normalized spacial score (nSPS) is 23.8. The molecule has 3 rings (SSSR count). The van der Waals surface area contributed by atoms with E-state index in [9.17, 15) is 9.59 Å². The van der Waals surface area contributed by atoms with Gasteiger partial charge in [0.25, 0.3) is 0 Å². The molecule has 0 aromatic heterocycles. The smallest absolute Gasteiger partial charge is 0.223 e. The first kappa shape index (κ1) is 19.6. The zero-order chi connectivity index (χ0) is 18.2. The first-order chi connectivity index (χ1) is 12.7. The van der Waals surface area contributed by atoms with E-state index in [1.165, 1.54) is 0 Å². The minimum atomic E-state index is -0.00890. The van der Waals surface area contributed by atoms with Crippen LogP contribution < -0.4 is 5.32 Å². The lowest BCUT2D eigenvalue weighted by atomic mass is 9.79. The van der Waals surface area contributed by atoms with Crippen LogP contribution in [0.25, 0.3) is 0 Å². The lowest BCUT2D eigenvalue weighted by Crippen LogP contribution is -2.50. The monoisotopic (exact) mass is 367 g/mol. The van der Waals surface area contributed by atoms with Gasteiger partial charge in [0.1, 0.15) is 0 Å². The molecule has 3 saturated heterocycles. The average Bonchev–Trinajstić information content (AvgIpc) is 3.21. The Kier molecular flexibility index (Phi) is 7.28. The highest BCUT2D eigenvalue weighted by atomic mass is 16.5. The summed E-state index contributed by atoms with van der Waals surface area (Å²) in [6, 6.07) is 0. The molecule has 3 aliphatic heterocycles. The largest absolute Gasteiger partial charge is 0.381 e. The summed E-state index contributed by atoms with van der Waals surface area (Å²) in [5.41, 5.74) is 0.0736. The van der Waals surface area contributed by atoms with E-state index < -0.39 is 0 Å². The topological polar surface area (TPSA) is 71.1 Å². The average molecular weight is 367 g/mol. The molecule has 0 aliphatic carbocycles. The second-order valence-electron chi connectivity index (χ2n) is 7.87. The van der Waals surface area contributed by atoms with Crippen molar-refractivity contribution in [3.05, 3.63) is 0 Å². The van der Waals surface area contributed by atoms with Crippen molar-refractivity contribution in [2.45, 2.75) is 38.5 Å². The van der Waals surface area contributed by atoms with Crippen LogP contribution >= 0.6 is 0 Å². The van der Waals surface area contributed by atoms with Crippen LogP contribution in [-0.2, 0) is 19.1 Å². The third kappa shape index (κ3) is 5.66. The lowest BCUT2D eigenvalue weighted by Gasteiger charge is -2.42. The van der Waals surface area contributed by atoms with E-state index in [1.807, 2.05) is 4.90 Å². The summed E-state index contributed by atoms with van der Waals surface area (Å²) in [6.07, 6.45) is 4.73. The summed E-state index contributed by atoms with van der Waals surface area (Å²) in [7, 11) is 0. The number of carbonyl (C=O) groups is 2. The zero-order valence-electron chi connectivity index (χ0n) is 15.8. The van der Waals surface area contributed by atoms with Crippen LogP contribution in [-0.4, -0.2) is 87.3 Å². The van der Waals surface area contributed by atoms with Gasteiger partial charge in [-0.1, -0.05) is 0 Å². The molecule has 0 unspecified atom stereocenters. The fraction of sp³-hybridized carbons (Fsp3) is 0.895. The van der Waals surface area contributed by atoms with E-state index in [4.69, 9.17) is 9.47 Å². The van der Waals surface area contributed by atoms with Crippen LogP contribution in [0, 0.1) is 5.41 Å². The third-order valence-corrected chi connectivity index (χ3v) is 5.90. The number of likely N-dealkylation sites (tertiary alicyclic amines) is 1. The molecule has 7 nitrogen and oxygen atoms in total. The second-order valence-corrected chi connectivity index (χ2v) is 7.87. The molecule has 0 aromatic rings. The van der Waals surface area contributed by atoms with Crippen molar-refractivity contribution in [1.82, 2.24) is 15.1 Å². The van der Waals surface area contributed by atoms with Crippen LogP contribution in [0.5, 0.6) is 0 Å². The van der Waals surface area contributed by atoms with Crippen molar-refractivity contribution in [2.24, 2.45) is 5.41 Å². The number of carbonyl (C=O) groups excluding carboxylic acids is 2. The summed E-state index contributed by atoms with van der Waals surface area (Å²) in [6.45, 7) is 8.36. The number of nitrogens with one attached hydrogen (secondary N) is 1. The molecule has 3 aliphatic rings. The predicted molar refractivity (Wildman–Crippen MR) is 97.8 cm³/mol. The molecule has 0 atom stereocenters. The van der Waals surface area contributed by atoms with E-state index in [1.54, 1.807) is 0 Å². The Hall–Kier alpha value is -1.18. The first-order valence-corrected chi connectivity index (χ1v) is 10.1. The SMILES string of the molecule is O=C(CCC(=O)N1CCCC1)NCC1(CN2CCOCC2)CCOCC1. The van der Waals surface area contributed by atoms with Gasteiger partial charge in [-0.15, -0.1) is 0 Å². The number of nitrogens with zero attached hydrogens (tertiary/aromatic N) is 2. The summed E-state index contributed by atoms with van der Waals surface area (Å²) in [4.78, 5) is 28.7. The van der Waals surface area contributed by atoms with Gasteiger partial charge >= 0.3 is 0 Å². The van der Waals surface area contributed by atoms with Crippen molar-refractivity contribution < 1.29 is 19.1 Å². The fourth-order valence-electron chi connectivity index (χ4n) is 4.15. The van der Waals surface area contributed by atoms with Crippen LogP contribution in [0.4, 0.5) is 0 Å². The molecule has 148 valence electrons. The van der Waals surface area contributed by atoms with Crippen LogP contribution in [0.2, 0.25) is 0 Å². The highest BCUT2D eigenvalue weighted by molar-refractivity contribution is 5.83. The molecular weight excluding hydrogens is 334 g/mol. The Morgan fingerprint density at radius 1 is 0.885 bits per heavy atom. The quantitative estimate of drug-likeness (QED) is 0.715. The van der Waals surface area contributed by atoms with E-state index >= 15 is 0 Å². The molecule has 0 radical (unpaired) electrons. The molecule has 3 heterocycles. The van der Waals surface area contributed by atoms with Gasteiger partial charge in [0.2, 0.25) is 11.8 Å². The Labute approximate surface area is 156 Å². The molecule has 0 aromatic carbocycles. The van der Waals surface area contributed by atoms with Crippen molar-refractivity contribution in [3.63, 3.8) is 0 Å². The second kappa shape index (κ2) is 9.67. The van der Waals surface area contributed by atoms with Gasteiger partial charge in [0.15, 0.2) is 0 Å². The fourth-order valence-corrected chi connectivity index (χ4v) is 4.15. The van der Waals surface area contributed by atoms with E-state index in [0.717, 1.165) is 84.8 Å². The molecule has 0 saturated carbocycles. The van der Waals surface area contributed by atoms with Gasteiger partial charge in [0, 0.05) is 70.7 Å². The lowest BCUT2D eigenvalue weighted by molar-refractivity contribution is -0.133. The molecule has 1 N–H and O–H groups in total. The molecular formula is C19H33N3O4. The van der Waals surface area contributed by atoms with Gasteiger partial charge < -0.3 is 19.7 Å². The summed E-state index contributed by atoms with van der Waals surface area (Å²) in [5, 5.41) is 3.11. The number of hydrogen-bond donors (Lipinski definition) is 1. The van der Waals surface area contributed by atoms with Crippen molar-refractivity contribution in [3.8, 4) is 0 Å². The maximum absolute atomic E-state index is 12.3. The number of ether oxygens (including phenoxy) is 2.